The summed E-state index contributed by atoms with van der Waals surface area (Å²) < 4.78 is 23.6. The molecule has 0 saturated carbocycles. The average molecular weight is 418 g/mol. The molecule has 6 nitrogen and oxygen atoms in total. The van der Waals surface area contributed by atoms with Gasteiger partial charge in [-0.05, 0) is 55.3 Å². The largest absolute Gasteiger partial charge is 0.371 e. The fraction of sp³-hybridized carbons (Fsp3) is 0.300. The van der Waals surface area contributed by atoms with Gasteiger partial charge in [0.2, 0.25) is 0 Å². The summed E-state index contributed by atoms with van der Waals surface area (Å²) in [5.74, 6) is -0.307. The lowest BCUT2D eigenvalue weighted by atomic mass is 10.0. The monoisotopic (exact) mass is 417 g/mol. The number of halogens is 1. The molecule has 0 unspecified atom stereocenters. The predicted octanol–water partition coefficient (Wildman–Crippen LogP) is 3.01. The van der Waals surface area contributed by atoms with Gasteiger partial charge in [0.15, 0.2) is 9.84 Å². The van der Waals surface area contributed by atoms with Crippen molar-refractivity contribution in [3.05, 3.63) is 58.6 Å². The van der Waals surface area contributed by atoms with Gasteiger partial charge in [-0.3, -0.25) is 4.79 Å². The highest BCUT2D eigenvalue weighted by molar-refractivity contribution is 7.90. The number of nitrogens with one attached hydrogen (secondary N) is 1. The van der Waals surface area contributed by atoms with Gasteiger partial charge >= 0.3 is 0 Å². The molecule has 1 aliphatic rings. The molecule has 1 N–H and O–H groups in total. The van der Waals surface area contributed by atoms with Gasteiger partial charge in [0.05, 0.1) is 21.6 Å². The number of anilines is 1. The zero-order chi connectivity index (χ0) is 20.3. The van der Waals surface area contributed by atoms with Gasteiger partial charge in [-0.2, -0.15) is 5.26 Å². The summed E-state index contributed by atoms with van der Waals surface area (Å²) in [5.41, 5.74) is 1.96. The zero-order valence-corrected chi connectivity index (χ0v) is 16.9. The van der Waals surface area contributed by atoms with Crippen molar-refractivity contribution in [3.63, 3.8) is 0 Å². The SMILES string of the molecule is CS(=O)(=O)c1cc(C(=O)NC2CCN(c3ccc(C#N)cc3)CC2)ccc1Cl. The van der Waals surface area contributed by atoms with E-state index in [0.717, 1.165) is 37.9 Å². The first kappa shape index (κ1) is 20.2. The minimum absolute atomic E-state index is 0.0134. The molecule has 1 amide bonds. The summed E-state index contributed by atoms with van der Waals surface area (Å²) in [6.45, 7) is 1.57. The van der Waals surface area contributed by atoms with E-state index in [1.807, 2.05) is 12.1 Å². The Morgan fingerprint density at radius 3 is 2.39 bits per heavy atom. The molecule has 8 heteroatoms. The number of hydrogen-bond acceptors (Lipinski definition) is 5. The highest BCUT2D eigenvalue weighted by Gasteiger charge is 2.22. The summed E-state index contributed by atoms with van der Waals surface area (Å²) in [5, 5.41) is 12.0. The van der Waals surface area contributed by atoms with Gasteiger partial charge in [0.25, 0.3) is 5.91 Å². The van der Waals surface area contributed by atoms with Crippen molar-refractivity contribution in [1.29, 1.82) is 5.26 Å². The molecule has 146 valence electrons. The van der Waals surface area contributed by atoms with Gasteiger partial charge in [-0.1, -0.05) is 11.6 Å². The number of piperidine rings is 1. The summed E-state index contributed by atoms with van der Waals surface area (Å²) in [6, 6.07) is 13.8. The number of sulfone groups is 1. The molecule has 2 aromatic rings. The van der Waals surface area contributed by atoms with Crippen LogP contribution < -0.4 is 10.2 Å². The number of benzene rings is 2. The molecular formula is C20H20ClN3O3S. The first-order chi connectivity index (χ1) is 13.3. The summed E-state index contributed by atoms with van der Waals surface area (Å²) in [4.78, 5) is 14.7. The van der Waals surface area contributed by atoms with E-state index in [1.54, 1.807) is 12.1 Å². The third-order valence-corrected chi connectivity index (χ3v) is 6.36. The Bertz CT molecular complexity index is 1020. The molecule has 0 atom stereocenters. The van der Waals surface area contributed by atoms with Gasteiger partial charge in [0, 0.05) is 36.6 Å². The van der Waals surface area contributed by atoms with Crippen LogP contribution in [0.4, 0.5) is 5.69 Å². The van der Waals surface area contributed by atoms with Crippen molar-refractivity contribution in [1.82, 2.24) is 5.32 Å². The highest BCUT2D eigenvalue weighted by atomic mass is 35.5. The number of carbonyl (C=O) groups excluding carboxylic acids is 1. The molecule has 1 aliphatic heterocycles. The van der Waals surface area contributed by atoms with E-state index in [9.17, 15) is 13.2 Å². The van der Waals surface area contributed by atoms with Crippen molar-refractivity contribution in [2.24, 2.45) is 0 Å². The molecule has 1 fully saturated rings. The maximum Gasteiger partial charge on any atom is 0.251 e. The van der Waals surface area contributed by atoms with E-state index in [0.29, 0.717) is 5.56 Å². The normalized spacial score (nSPS) is 15.1. The second-order valence-corrected chi connectivity index (χ2v) is 9.20. The van der Waals surface area contributed by atoms with Crippen LogP contribution in [0.1, 0.15) is 28.8 Å². The maximum atomic E-state index is 12.5. The molecule has 0 bridgehead atoms. The second-order valence-electron chi connectivity index (χ2n) is 6.81. The lowest BCUT2D eigenvalue weighted by Gasteiger charge is -2.34. The van der Waals surface area contributed by atoms with Crippen LogP contribution >= 0.6 is 11.6 Å². The Morgan fingerprint density at radius 1 is 1.18 bits per heavy atom. The lowest BCUT2D eigenvalue weighted by molar-refractivity contribution is 0.0931. The van der Waals surface area contributed by atoms with E-state index in [1.165, 1.54) is 18.2 Å². The predicted molar refractivity (Wildman–Crippen MR) is 108 cm³/mol. The van der Waals surface area contributed by atoms with Crippen LogP contribution in [0.2, 0.25) is 5.02 Å². The molecule has 0 spiro atoms. The molecule has 0 aliphatic carbocycles. The van der Waals surface area contributed by atoms with Crippen LogP contribution in [-0.4, -0.2) is 39.7 Å². The first-order valence-corrected chi connectivity index (χ1v) is 11.1. The molecule has 2 aromatic carbocycles. The van der Waals surface area contributed by atoms with Crippen LogP contribution in [0.3, 0.4) is 0 Å². The van der Waals surface area contributed by atoms with Crippen LogP contribution in [0.25, 0.3) is 0 Å². The van der Waals surface area contributed by atoms with Crippen LogP contribution in [0.5, 0.6) is 0 Å². The quantitative estimate of drug-likeness (QED) is 0.825. The van der Waals surface area contributed by atoms with E-state index in [4.69, 9.17) is 16.9 Å². The van der Waals surface area contributed by atoms with Gasteiger partial charge < -0.3 is 10.2 Å². The van der Waals surface area contributed by atoms with E-state index in [-0.39, 0.29) is 27.4 Å². The fourth-order valence-corrected chi connectivity index (χ4v) is 4.53. The van der Waals surface area contributed by atoms with Crippen molar-refractivity contribution < 1.29 is 13.2 Å². The zero-order valence-electron chi connectivity index (χ0n) is 15.4. The van der Waals surface area contributed by atoms with E-state index in [2.05, 4.69) is 16.3 Å². The molecule has 1 saturated heterocycles. The number of amides is 1. The minimum atomic E-state index is -3.50. The average Bonchev–Trinajstić information content (AvgIpc) is 2.68. The van der Waals surface area contributed by atoms with Crippen molar-refractivity contribution in [2.75, 3.05) is 24.2 Å². The number of carbonyl (C=O) groups is 1. The number of hydrogen-bond donors (Lipinski definition) is 1. The molecular weight excluding hydrogens is 398 g/mol. The Labute approximate surface area is 169 Å². The van der Waals surface area contributed by atoms with Crippen LogP contribution in [0, 0.1) is 11.3 Å². The topological polar surface area (TPSA) is 90.3 Å². The highest BCUT2D eigenvalue weighted by Crippen LogP contribution is 2.24. The maximum absolute atomic E-state index is 12.5. The smallest absolute Gasteiger partial charge is 0.251 e. The molecule has 28 heavy (non-hydrogen) atoms. The minimum Gasteiger partial charge on any atom is -0.371 e. The summed E-state index contributed by atoms with van der Waals surface area (Å²) in [6.07, 6.45) is 2.62. The number of nitriles is 1. The second kappa shape index (κ2) is 8.21. The lowest BCUT2D eigenvalue weighted by Crippen LogP contribution is -2.44. The summed E-state index contributed by atoms with van der Waals surface area (Å²) >= 11 is 5.94. The third-order valence-electron chi connectivity index (χ3n) is 4.78. The number of nitrogens with zero attached hydrogens (tertiary/aromatic N) is 2. The standard InChI is InChI=1S/C20H20ClN3O3S/c1-28(26,27)19-12-15(4-7-18(19)21)20(25)23-16-8-10-24(11-9-16)17-5-2-14(13-22)3-6-17/h2-7,12,16H,8-11H2,1H3,(H,23,25). The van der Waals surface area contributed by atoms with Gasteiger partial charge in [-0.25, -0.2) is 8.42 Å². The Hall–Kier alpha value is -2.56. The first-order valence-electron chi connectivity index (χ1n) is 8.83. The van der Waals surface area contributed by atoms with Gasteiger partial charge in [-0.15, -0.1) is 0 Å². The summed E-state index contributed by atoms with van der Waals surface area (Å²) in [7, 11) is -3.50. The number of rotatable bonds is 4. The Morgan fingerprint density at radius 2 is 1.82 bits per heavy atom. The molecule has 3 rings (SSSR count). The third kappa shape index (κ3) is 4.64. The fourth-order valence-electron chi connectivity index (χ4n) is 3.23. The van der Waals surface area contributed by atoms with Crippen LogP contribution in [-0.2, 0) is 9.84 Å². The molecule has 1 heterocycles. The van der Waals surface area contributed by atoms with Gasteiger partial charge in [0.1, 0.15) is 0 Å². The van der Waals surface area contributed by atoms with E-state index >= 15 is 0 Å². The molecule has 0 radical (unpaired) electrons. The van der Waals surface area contributed by atoms with Crippen molar-refractivity contribution in [2.45, 2.75) is 23.8 Å². The van der Waals surface area contributed by atoms with E-state index < -0.39 is 9.84 Å². The van der Waals surface area contributed by atoms with Crippen LogP contribution in [0.15, 0.2) is 47.4 Å². The molecule has 0 aromatic heterocycles. The van der Waals surface area contributed by atoms with Crippen molar-refractivity contribution in [3.8, 4) is 6.07 Å². The Balaban J connectivity index is 1.61. The Kier molecular flexibility index (Phi) is 5.92. The van der Waals surface area contributed by atoms with Crippen molar-refractivity contribution >= 4 is 33.0 Å².